The number of rotatable bonds is 4. The van der Waals surface area contributed by atoms with Gasteiger partial charge in [-0.05, 0) is 0 Å². The number of hydrogen-bond acceptors (Lipinski definition) is 4. The summed E-state index contributed by atoms with van der Waals surface area (Å²) in [5.74, 6) is -0.0677. The molecule has 0 saturated heterocycles. The predicted molar refractivity (Wildman–Crippen MR) is 78.2 cm³/mol. The van der Waals surface area contributed by atoms with E-state index in [1.54, 1.807) is 20.8 Å². The van der Waals surface area contributed by atoms with Crippen molar-refractivity contribution in [2.45, 2.75) is 20.8 Å². The molecule has 1 heterocycles. The van der Waals surface area contributed by atoms with Gasteiger partial charge in [0.1, 0.15) is 5.76 Å². The second-order valence-electron chi connectivity index (χ2n) is 5.17. The maximum Gasteiger partial charge on any atom is 0.232 e. The van der Waals surface area contributed by atoms with E-state index in [-0.39, 0.29) is 17.6 Å². The lowest BCUT2D eigenvalue weighted by molar-refractivity contribution is -0.123. The lowest BCUT2D eigenvalue weighted by atomic mass is 9.96. The number of aromatic amines is 1. The molecule has 6 nitrogen and oxygen atoms in total. The van der Waals surface area contributed by atoms with Crippen molar-refractivity contribution >= 4 is 17.4 Å². The monoisotopic (exact) mass is 277 g/mol. The van der Waals surface area contributed by atoms with Gasteiger partial charge in [-0.2, -0.15) is 0 Å². The van der Waals surface area contributed by atoms with Crippen molar-refractivity contribution in [3.8, 4) is 0 Å². The van der Waals surface area contributed by atoms with Crippen molar-refractivity contribution in [3.63, 3.8) is 0 Å². The number of aliphatic hydroxyl groups is 2. The molecule has 0 fully saturated rings. The minimum atomic E-state index is -0.536. The van der Waals surface area contributed by atoms with Crippen LogP contribution in [0.25, 0.3) is 5.57 Å². The number of aromatic nitrogens is 2. The summed E-state index contributed by atoms with van der Waals surface area (Å²) < 4.78 is 0. The fourth-order valence-corrected chi connectivity index (χ4v) is 1.33. The quantitative estimate of drug-likeness (QED) is 0.502. The van der Waals surface area contributed by atoms with E-state index < -0.39 is 5.41 Å². The molecule has 20 heavy (non-hydrogen) atoms. The molecule has 0 spiro atoms. The summed E-state index contributed by atoms with van der Waals surface area (Å²) in [6.45, 7) is 8.95. The Morgan fingerprint density at radius 2 is 2.15 bits per heavy atom. The van der Waals surface area contributed by atoms with Gasteiger partial charge in [-0.25, -0.2) is 4.98 Å². The number of carbonyl (C=O) groups is 1. The van der Waals surface area contributed by atoms with Crippen LogP contribution in [0.1, 0.15) is 26.5 Å². The summed E-state index contributed by atoms with van der Waals surface area (Å²) in [4.78, 5) is 18.7. The van der Waals surface area contributed by atoms with Gasteiger partial charge in [0.2, 0.25) is 11.9 Å². The highest BCUT2D eigenvalue weighted by atomic mass is 16.3. The molecule has 6 heteroatoms. The van der Waals surface area contributed by atoms with Crippen molar-refractivity contribution in [1.82, 2.24) is 9.97 Å². The summed E-state index contributed by atoms with van der Waals surface area (Å²) in [6, 6.07) is 0. The second-order valence-corrected chi connectivity index (χ2v) is 5.17. The fourth-order valence-electron chi connectivity index (χ4n) is 1.33. The zero-order valence-corrected chi connectivity index (χ0v) is 11.8. The molecule has 0 aliphatic carbocycles. The van der Waals surface area contributed by atoms with Crippen molar-refractivity contribution < 1.29 is 15.0 Å². The SMILES string of the molecule is C=C/C(=C(O)\C=C\O)c1cnc(NC(=O)C(C)(C)C)[nH]1. The predicted octanol–water partition coefficient (Wildman–Crippen LogP) is 2.92. The molecule has 0 saturated carbocycles. The van der Waals surface area contributed by atoms with Crippen LogP contribution < -0.4 is 5.32 Å². The summed E-state index contributed by atoms with van der Waals surface area (Å²) in [7, 11) is 0. The van der Waals surface area contributed by atoms with Crippen LogP contribution in [0.4, 0.5) is 5.95 Å². The van der Waals surface area contributed by atoms with E-state index in [0.29, 0.717) is 11.3 Å². The highest BCUT2D eigenvalue weighted by Crippen LogP contribution is 2.20. The normalized spacial score (nSPS) is 13.2. The van der Waals surface area contributed by atoms with E-state index in [9.17, 15) is 9.90 Å². The molecule has 1 amide bonds. The van der Waals surface area contributed by atoms with Crippen LogP contribution in [-0.4, -0.2) is 26.1 Å². The molecule has 0 radical (unpaired) electrons. The van der Waals surface area contributed by atoms with Gasteiger partial charge in [-0.1, -0.05) is 33.4 Å². The molecular formula is C14H19N3O3. The van der Waals surface area contributed by atoms with Crippen molar-refractivity contribution in [2.24, 2.45) is 5.41 Å². The Morgan fingerprint density at radius 3 is 2.65 bits per heavy atom. The highest BCUT2D eigenvalue weighted by Gasteiger charge is 2.22. The Balaban J connectivity index is 3.00. The lowest BCUT2D eigenvalue weighted by Crippen LogP contribution is -2.28. The third-order valence-corrected chi connectivity index (χ3v) is 2.49. The van der Waals surface area contributed by atoms with Gasteiger partial charge in [-0.15, -0.1) is 0 Å². The molecule has 1 aromatic rings. The number of imidazole rings is 1. The first kappa shape index (κ1) is 15.6. The average Bonchev–Trinajstić information content (AvgIpc) is 2.77. The number of aliphatic hydroxyl groups excluding tert-OH is 2. The van der Waals surface area contributed by atoms with Crippen LogP contribution in [0.2, 0.25) is 0 Å². The van der Waals surface area contributed by atoms with Gasteiger partial charge in [0.25, 0.3) is 0 Å². The van der Waals surface area contributed by atoms with Gasteiger partial charge in [-0.3, -0.25) is 10.1 Å². The van der Waals surface area contributed by atoms with Gasteiger partial charge in [0.15, 0.2) is 0 Å². The first-order valence-electron chi connectivity index (χ1n) is 6.03. The summed E-state index contributed by atoms with van der Waals surface area (Å²) in [6.07, 6.45) is 4.71. The first-order chi connectivity index (χ1) is 9.29. The molecule has 0 atom stereocenters. The zero-order chi connectivity index (χ0) is 15.3. The Morgan fingerprint density at radius 1 is 1.50 bits per heavy atom. The number of amides is 1. The Hall–Kier alpha value is -2.50. The van der Waals surface area contributed by atoms with E-state index >= 15 is 0 Å². The lowest BCUT2D eigenvalue weighted by Gasteiger charge is -2.16. The minimum absolute atomic E-state index is 0.167. The highest BCUT2D eigenvalue weighted by molar-refractivity contribution is 5.93. The maximum atomic E-state index is 11.8. The average molecular weight is 277 g/mol. The number of allylic oxidation sites excluding steroid dienone is 3. The molecule has 1 rings (SSSR count). The topological polar surface area (TPSA) is 98.2 Å². The fraction of sp³-hybridized carbons (Fsp3) is 0.286. The number of anilines is 1. The van der Waals surface area contributed by atoms with E-state index in [2.05, 4.69) is 21.9 Å². The minimum Gasteiger partial charge on any atom is -0.515 e. The van der Waals surface area contributed by atoms with Crippen LogP contribution in [0, 0.1) is 5.41 Å². The van der Waals surface area contributed by atoms with Gasteiger partial charge in [0.05, 0.1) is 18.2 Å². The second kappa shape index (κ2) is 6.10. The van der Waals surface area contributed by atoms with Gasteiger partial charge in [0, 0.05) is 17.1 Å². The summed E-state index contributed by atoms with van der Waals surface area (Å²) in [5.41, 5.74) is 0.296. The standard InChI is InChI=1S/C14H19N3O3/c1-5-9(11(19)6-7-18)10-8-15-13(16-10)17-12(20)14(2,3)4/h5-8,18-19H,1H2,2-4H3,(H2,15,16,17,20)/b7-6+,11-9-. The zero-order valence-electron chi connectivity index (χ0n) is 11.8. The number of carbonyl (C=O) groups excluding carboxylic acids is 1. The molecule has 0 unspecified atom stereocenters. The number of nitrogens with zero attached hydrogens (tertiary/aromatic N) is 1. The van der Waals surface area contributed by atoms with E-state index in [1.807, 2.05) is 0 Å². The molecule has 4 N–H and O–H groups in total. The van der Waals surface area contributed by atoms with Crippen molar-refractivity contribution in [2.75, 3.05) is 5.32 Å². The van der Waals surface area contributed by atoms with Crippen molar-refractivity contribution in [1.29, 1.82) is 0 Å². The number of nitrogens with one attached hydrogen (secondary N) is 2. The number of hydrogen-bond donors (Lipinski definition) is 4. The molecular weight excluding hydrogens is 258 g/mol. The van der Waals surface area contributed by atoms with Crippen LogP contribution >= 0.6 is 0 Å². The molecule has 1 aromatic heterocycles. The third-order valence-electron chi connectivity index (χ3n) is 2.49. The van der Waals surface area contributed by atoms with Crippen LogP contribution in [-0.2, 0) is 4.79 Å². The third kappa shape index (κ3) is 3.74. The Labute approximate surface area is 117 Å². The first-order valence-corrected chi connectivity index (χ1v) is 6.03. The number of H-pyrrole nitrogens is 1. The van der Waals surface area contributed by atoms with Crippen molar-refractivity contribution in [3.05, 3.63) is 42.6 Å². The maximum absolute atomic E-state index is 11.8. The summed E-state index contributed by atoms with van der Waals surface area (Å²) in [5, 5.41) is 21.0. The molecule has 0 aliphatic heterocycles. The van der Waals surface area contributed by atoms with E-state index in [4.69, 9.17) is 5.11 Å². The molecule has 0 aromatic carbocycles. The van der Waals surface area contributed by atoms with E-state index in [1.165, 1.54) is 12.3 Å². The molecule has 0 bridgehead atoms. The summed E-state index contributed by atoms with van der Waals surface area (Å²) >= 11 is 0. The van der Waals surface area contributed by atoms with Crippen LogP contribution in [0.3, 0.4) is 0 Å². The smallest absolute Gasteiger partial charge is 0.232 e. The Bertz CT molecular complexity index is 562. The largest absolute Gasteiger partial charge is 0.515 e. The molecule has 0 aliphatic rings. The van der Waals surface area contributed by atoms with Gasteiger partial charge < -0.3 is 15.2 Å². The van der Waals surface area contributed by atoms with Gasteiger partial charge >= 0.3 is 0 Å². The van der Waals surface area contributed by atoms with E-state index in [0.717, 1.165) is 12.3 Å². The van der Waals surface area contributed by atoms with Crippen LogP contribution in [0.5, 0.6) is 0 Å². The Kier molecular flexibility index (Phi) is 4.74. The van der Waals surface area contributed by atoms with Crippen LogP contribution in [0.15, 0.2) is 36.9 Å². The molecule has 108 valence electrons.